The summed E-state index contributed by atoms with van der Waals surface area (Å²) in [5, 5.41) is 0. The number of carbonyl (C=O) groups is 1. The summed E-state index contributed by atoms with van der Waals surface area (Å²) >= 11 is 0. The average molecular weight is 443 g/mol. The van der Waals surface area contributed by atoms with Gasteiger partial charge in [0.2, 0.25) is 5.90 Å². The molecule has 4 rings (SSSR count). The molecule has 0 aromatic heterocycles. The van der Waals surface area contributed by atoms with Crippen molar-refractivity contribution in [1.82, 2.24) is 0 Å². The molecule has 0 atom stereocenters. The molecule has 1 aliphatic rings. The summed E-state index contributed by atoms with van der Waals surface area (Å²) in [6.45, 7) is 4.78. The fraction of sp³-hybridized carbons (Fsp3) is 0.185. The van der Waals surface area contributed by atoms with Gasteiger partial charge >= 0.3 is 5.97 Å². The van der Waals surface area contributed by atoms with E-state index in [-0.39, 0.29) is 11.6 Å². The number of aliphatic imine (C=N–C) groups is 1. The van der Waals surface area contributed by atoms with Crippen LogP contribution >= 0.6 is 0 Å². The van der Waals surface area contributed by atoms with Crippen molar-refractivity contribution < 1.29 is 23.7 Å². The monoisotopic (exact) mass is 443 g/mol. The van der Waals surface area contributed by atoms with Crippen LogP contribution in [-0.2, 0) is 9.53 Å². The molecule has 1 heterocycles. The molecule has 0 unspecified atom stereocenters. The largest absolute Gasteiger partial charge is 0.497 e. The topological polar surface area (TPSA) is 66.3 Å². The van der Waals surface area contributed by atoms with E-state index in [0.29, 0.717) is 30.3 Å². The molecular formula is C27H25NO5. The van der Waals surface area contributed by atoms with Gasteiger partial charge in [-0.25, -0.2) is 9.79 Å². The van der Waals surface area contributed by atoms with Crippen LogP contribution in [0.3, 0.4) is 0 Å². The van der Waals surface area contributed by atoms with E-state index >= 15 is 0 Å². The van der Waals surface area contributed by atoms with Crippen molar-refractivity contribution in [2.75, 3.05) is 20.3 Å². The minimum absolute atomic E-state index is 0.193. The number of cyclic esters (lactones) is 1. The first kappa shape index (κ1) is 22.1. The highest BCUT2D eigenvalue weighted by Crippen LogP contribution is 2.28. The Morgan fingerprint density at radius 3 is 2.33 bits per heavy atom. The standard InChI is InChI=1S/C27H25NO5/c1-18-13-19(2)15-23(14-18)31-11-12-32-25-10-9-22(30-3)16-21(25)17-24-27(29)33-26(28-24)20-7-5-4-6-8-20/h4-10,13-17H,11-12H2,1-3H3. The van der Waals surface area contributed by atoms with Crippen LogP contribution in [-0.4, -0.2) is 32.2 Å². The van der Waals surface area contributed by atoms with E-state index in [1.807, 2.05) is 56.3 Å². The second kappa shape index (κ2) is 10.0. The van der Waals surface area contributed by atoms with Crippen LogP contribution in [0.2, 0.25) is 0 Å². The lowest BCUT2D eigenvalue weighted by molar-refractivity contribution is -0.129. The molecule has 0 saturated heterocycles. The van der Waals surface area contributed by atoms with Gasteiger partial charge in [0.1, 0.15) is 30.5 Å². The van der Waals surface area contributed by atoms with Crippen molar-refractivity contribution in [2.45, 2.75) is 13.8 Å². The minimum atomic E-state index is -0.513. The molecule has 6 nitrogen and oxygen atoms in total. The van der Waals surface area contributed by atoms with Crippen LogP contribution in [0, 0.1) is 13.8 Å². The highest BCUT2D eigenvalue weighted by Gasteiger charge is 2.24. The van der Waals surface area contributed by atoms with Gasteiger partial charge in [-0.05, 0) is 73.5 Å². The van der Waals surface area contributed by atoms with Gasteiger partial charge in [0, 0.05) is 11.1 Å². The van der Waals surface area contributed by atoms with Crippen LogP contribution in [0.1, 0.15) is 22.3 Å². The van der Waals surface area contributed by atoms with Crippen molar-refractivity contribution >= 4 is 17.9 Å². The molecule has 0 N–H and O–H groups in total. The Kier molecular flexibility index (Phi) is 6.74. The maximum atomic E-state index is 12.4. The van der Waals surface area contributed by atoms with E-state index in [2.05, 4.69) is 11.1 Å². The van der Waals surface area contributed by atoms with Crippen molar-refractivity contribution in [1.29, 1.82) is 0 Å². The lowest BCUT2D eigenvalue weighted by atomic mass is 10.1. The van der Waals surface area contributed by atoms with E-state index < -0.39 is 5.97 Å². The first-order valence-electron chi connectivity index (χ1n) is 10.6. The Morgan fingerprint density at radius 2 is 1.61 bits per heavy atom. The molecule has 0 spiro atoms. The number of ether oxygens (including phenoxy) is 4. The second-order valence-corrected chi connectivity index (χ2v) is 7.63. The predicted molar refractivity (Wildman–Crippen MR) is 127 cm³/mol. The van der Waals surface area contributed by atoms with E-state index in [9.17, 15) is 4.79 Å². The van der Waals surface area contributed by atoms with E-state index in [1.54, 1.807) is 31.4 Å². The number of esters is 1. The molecule has 0 bridgehead atoms. The third-order valence-corrected chi connectivity index (χ3v) is 4.96. The van der Waals surface area contributed by atoms with Crippen LogP contribution in [0.5, 0.6) is 17.2 Å². The van der Waals surface area contributed by atoms with Crippen LogP contribution in [0.4, 0.5) is 0 Å². The Labute approximate surface area is 193 Å². The number of carbonyl (C=O) groups excluding carboxylic acids is 1. The number of methoxy groups -OCH3 is 1. The van der Waals surface area contributed by atoms with Gasteiger partial charge in [-0.15, -0.1) is 0 Å². The molecule has 1 aliphatic heterocycles. The van der Waals surface area contributed by atoms with E-state index in [4.69, 9.17) is 18.9 Å². The lowest BCUT2D eigenvalue weighted by Crippen LogP contribution is -2.10. The number of rotatable bonds is 8. The maximum absolute atomic E-state index is 12.4. The van der Waals surface area contributed by atoms with Gasteiger partial charge in [0.15, 0.2) is 5.70 Å². The van der Waals surface area contributed by atoms with Crippen molar-refractivity contribution in [3.8, 4) is 17.2 Å². The number of nitrogens with zero attached hydrogens (tertiary/aromatic N) is 1. The minimum Gasteiger partial charge on any atom is -0.497 e. The third kappa shape index (κ3) is 5.60. The molecule has 168 valence electrons. The molecule has 0 fully saturated rings. The molecule has 0 aliphatic carbocycles. The van der Waals surface area contributed by atoms with Gasteiger partial charge in [-0.3, -0.25) is 0 Å². The fourth-order valence-corrected chi connectivity index (χ4v) is 3.49. The zero-order valence-electron chi connectivity index (χ0n) is 18.8. The second-order valence-electron chi connectivity index (χ2n) is 7.63. The molecule has 0 amide bonds. The molecule has 0 radical (unpaired) electrons. The molecule has 3 aromatic rings. The lowest BCUT2D eigenvalue weighted by Gasteiger charge is -2.12. The van der Waals surface area contributed by atoms with Crippen LogP contribution in [0.15, 0.2) is 77.4 Å². The van der Waals surface area contributed by atoms with Gasteiger partial charge in [0.25, 0.3) is 0 Å². The summed E-state index contributed by atoms with van der Waals surface area (Å²) in [7, 11) is 1.58. The molecular weight excluding hydrogens is 418 g/mol. The summed E-state index contributed by atoms with van der Waals surface area (Å²) in [4.78, 5) is 16.8. The number of hydrogen-bond donors (Lipinski definition) is 0. The number of aryl methyl sites for hydroxylation is 2. The fourth-order valence-electron chi connectivity index (χ4n) is 3.49. The van der Waals surface area contributed by atoms with Crippen molar-refractivity contribution in [3.05, 3.63) is 94.7 Å². The summed E-state index contributed by atoms with van der Waals surface area (Å²) < 4.78 is 22.5. The average Bonchev–Trinajstić information content (AvgIpc) is 3.17. The Bertz CT molecular complexity index is 1190. The van der Waals surface area contributed by atoms with Crippen molar-refractivity contribution in [3.63, 3.8) is 0 Å². The van der Waals surface area contributed by atoms with Gasteiger partial charge in [0.05, 0.1) is 7.11 Å². The van der Waals surface area contributed by atoms with E-state index in [1.165, 1.54) is 0 Å². The van der Waals surface area contributed by atoms with Crippen LogP contribution in [0.25, 0.3) is 6.08 Å². The molecule has 0 saturated carbocycles. The van der Waals surface area contributed by atoms with Gasteiger partial charge in [-0.1, -0.05) is 24.3 Å². The SMILES string of the molecule is COc1ccc(OCCOc2cc(C)cc(C)c2)c(C=C2N=C(c3ccccc3)OC2=O)c1. The Morgan fingerprint density at radius 1 is 0.879 bits per heavy atom. The van der Waals surface area contributed by atoms with Crippen LogP contribution < -0.4 is 14.2 Å². The highest BCUT2D eigenvalue weighted by atomic mass is 16.6. The molecule has 33 heavy (non-hydrogen) atoms. The zero-order valence-corrected chi connectivity index (χ0v) is 18.8. The Hall–Kier alpha value is -4.06. The van der Waals surface area contributed by atoms with Crippen molar-refractivity contribution in [2.24, 2.45) is 4.99 Å². The first-order valence-corrected chi connectivity index (χ1v) is 10.6. The third-order valence-electron chi connectivity index (χ3n) is 4.96. The van der Waals surface area contributed by atoms with Gasteiger partial charge in [-0.2, -0.15) is 0 Å². The smallest absolute Gasteiger partial charge is 0.363 e. The highest BCUT2D eigenvalue weighted by molar-refractivity contribution is 6.12. The summed E-state index contributed by atoms with van der Waals surface area (Å²) in [5.41, 5.74) is 3.88. The van der Waals surface area contributed by atoms with E-state index in [0.717, 1.165) is 22.4 Å². The summed E-state index contributed by atoms with van der Waals surface area (Å²) in [5.74, 6) is 1.80. The summed E-state index contributed by atoms with van der Waals surface area (Å²) in [6.07, 6.45) is 1.64. The maximum Gasteiger partial charge on any atom is 0.363 e. The number of benzene rings is 3. The Balaban J connectivity index is 1.50. The number of hydrogen-bond acceptors (Lipinski definition) is 6. The normalized spacial score (nSPS) is 14.1. The zero-order chi connectivity index (χ0) is 23.2. The molecule has 3 aromatic carbocycles. The van der Waals surface area contributed by atoms with Gasteiger partial charge < -0.3 is 18.9 Å². The quantitative estimate of drug-likeness (QED) is 0.275. The molecule has 6 heteroatoms. The predicted octanol–water partition coefficient (Wildman–Crippen LogP) is 5.11. The first-order chi connectivity index (χ1) is 16.0. The summed E-state index contributed by atoms with van der Waals surface area (Å²) in [6, 6.07) is 20.8.